The third-order valence-electron chi connectivity index (χ3n) is 3.28. The first-order valence-electron chi connectivity index (χ1n) is 6.67. The summed E-state index contributed by atoms with van der Waals surface area (Å²) in [5.74, 6) is -1.12. The molecule has 0 spiro atoms. The predicted molar refractivity (Wildman–Crippen MR) is 83.3 cm³/mol. The molecule has 0 saturated carbocycles. The van der Waals surface area contributed by atoms with Crippen molar-refractivity contribution in [3.8, 4) is 11.3 Å². The number of hydrogen-bond acceptors (Lipinski definition) is 3. The van der Waals surface area contributed by atoms with Crippen molar-refractivity contribution < 1.29 is 9.90 Å². The Hall–Kier alpha value is -3.21. The Morgan fingerprint density at radius 2 is 1.59 bits per heavy atom. The van der Waals surface area contributed by atoms with Gasteiger partial charge in [-0.1, -0.05) is 72.5 Å². The van der Waals surface area contributed by atoms with Crippen molar-refractivity contribution in [1.82, 2.24) is 15.0 Å². The first-order valence-corrected chi connectivity index (χ1v) is 6.67. The molecule has 1 N–H and O–H groups in total. The molecular weight excluding hydrogens is 278 g/mol. The van der Waals surface area contributed by atoms with Gasteiger partial charge in [-0.15, -0.1) is 5.10 Å². The van der Waals surface area contributed by atoms with Gasteiger partial charge in [0.1, 0.15) is 5.69 Å². The second kappa shape index (κ2) is 5.65. The van der Waals surface area contributed by atoms with Crippen LogP contribution in [0.4, 0.5) is 0 Å². The molecule has 0 aliphatic rings. The molecular formula is C17H13N3O2. The molecule has 0 aliphatic carbocycles. The van der Waals surface area contributed by atoms with E-state index in [0.717, 1.165) is 11.1 Å². The highest BCUT2D eigenvalue weighted by Gasteiger charge is 2.22. The van der Waals surface area contributed by atoms with Crippen molar-refractivity contribution in [2.45, 2.75) is 0 Å². The van der Waals surface area contributed by atoms with E-state index in [2.05, 4.69) is 16.9 Å². The van der Waals surface area contributed by atoms with Crippen molar-refractivity contribution in [2.75, 3.05) is 0 Å². The van der Waals surface area contributed by atoms with E-state index < -0.39 is 5.97 Å². The fraction of sp³-hybridized carbons (Fsp3) is 0. The van der Waals surface area contributed by atoms with E-state index in [1.807, 2.05) is 60.7 Å². The van der Waals surface area contributed by atoms with Crippen LogP contribution in [0.1, 0.15) is 16.1 Å². The zero-order valence-corrected chi connectivity index (χ0v) is 11.7. The number of carbonyl (C=O) groups is 1. The van der Waals surface area contributed by atoms with Crippen LogP contribution in [0.3, 0.4) is 0 Å². The normalized spacial score (nSPS) is 10.4. The van der Waals surface area contributed by atoms with Crippen molar-refractivity contribution in [1.29, 1.82) is 0 Å². The molecule has 5 heteroatoms. The van der Waals surface area contributed by atoms with Gasteiger partial charge in [-0.2, -0.15) is 0 Å². The van der Waals surface area contributed by atoms with E-state index in [1.165, 1.54) is 4.68 Å². The zero-order chi connectivity index (χ0) is 15.5. The highest BCUT2D eigenvalue weighted by Crippen LogP contribution is 2.26. The van der Waals surface area contributed by atoms with Crippen LogP contribution < -0.4 is 0 Å². The maximum atomic E-state index is 11.4. The van der Waals surface area contributed by atoms with Crippen LogP contribution in [0.25, 0.3) is 17.0 Å². The van der Waals surface area contributed by atoms with Gasteiger partial charge in [-0.25, -0.2) is 9.48 Å². The first-order chi connectivity index (χ1) is 10.7. The minimum absolute atomic E-state index is 0.0942. The molecule has 0 bridgehead atoms. The molecule has 2 aromatic carbocycles. The molecule has 3 aromatic rings. The number of rotatable bonds is 4. The Balaban J connectivity index is 2.17. The van der Waals surface area contributed by atoms with Crippen LogP contribution >= 0.6 is 0 Å². The predicted octanol–water partition coefficient (Wildman–Crippen LogP) is 3.16. The van der Waals surface area contributed by atoms with Gasteiger partial charge in [-0.05, 0) is 5.56 Å². The lowest BCUT2D eigenvalue weighted by molar-refractivity contribution is 0.0691. The SMILES string of the molecule is C=C(c1ccccc1)n1nnc(C(=O)O)c1-c1ccccc1. The standard InChI is InChI=1S/C17H13N3O2/c1-12(13-8-4-2-5-9-13)20-16(14-10-6-3-7-11-14)15(17(21)22)18-19-20/h2-11H,1H2,(H,21,22). The topological polar surface area (TPSA) is 68.0 Å². The molecule has 0 unspecified atom stereocenters. The summed E-state index contributed by atoms with van der Waals surface area (Å²) >= 11 is 0. The summed E-state index contributed by atoms with van der Waals surface area (Å²) in [6.45, 7) is 4.02. The summed E-state index contributed by atoms with van der Waals surface area (Å²) in [6, 6.07) is 18.6. The molecule has 0 radical (unpaired) electrons. The summed E-state index contributed by atoms with van der Waals surface area (Å²) in [7, 11) is 0. The Labute approximate surface area is 127 Å². The van der Waals surface area contributed by atoms with Crippen molar-refractivity contribution in [2.24, 2.45) is 0 Å². The van der Waals surface area contributed by atoms with Crippen molar-refractivity contribution in [3.05, 3.63) is 78.5 Å². The summed E-state index contributed by atoms with van der Waals surface area (Å²) in [5.41, 5.74) is 2.47. The van der Waals surface area contributed by atoms with E-state index in [0.29, 0.717) is 11.4 Å². The number of aromatic carboxylic acids is 1. The van der Waals surface area contributed by atoms with E-state index in [9.17, 15) is 9.90 Å². The zero-order valence-electron chi connectivity index (χ0n) is 11.7. The van der Waals surface area contributed by atoms with Gasteiger partial charge in [0.2, 0.25) is 0 Å². The largest absolute Gasteiger partial charge is 0.476 e. The first kappa shape index (κ1) is 13.8. The number of benzene rings is 2. The molecule has 1 aromatic heterocycles. The summed E-state index contributed by atoms with van der Waals surface area (Å²) in [6.07, 6.45) is 0. The number of nitrogens with zero attached hydrogens (tertiary/aromatic N) is 3. The summed E-state index contributed by atoms with van der Waals surface area (Å²) < 4.78 is 1.47. The average molecular weight is 291 g/mol. The third-order valence-corrected chi connectivity index (χ3v) is 3.28. The van der Waals surface area contributed by atoms with Crippen molar-refractivity contribution >= 4 is 11.7 Å². The third kappa shape index (κ3) is 2.40. The van der Waals surface area contributed by atoms with Crippen LogP contribution in [0, 0.1) is 0 Å². The van der Waals surface area contributed by atoms with Crippen LogP contribution in [0.5, 0.6) is 0 Å². The Kier molecular flexibility index (Phi) is 3.53. The molecule has 108 valence electrons. The van der Waals surface area contributed by atoms with Gasteiger partial charge in [0.05, 0.1) is 5.70 Å². The van der Waals surface area contributed by atoms with Gasteiger partial charge in [0.25, 0.3) is 0 Å². The van der Waals surface area contributed by atoms with E-state index in [1.54, 1.807) is 0 Å². The minimum Gasteiger partial charge on any atom is -0.476 e. The molecule has 0 amide bonds. The summed E-state index contributed by atoms with van der Waals surface area (Å²) in [4.78, 5) is 11.4. The van der Waals surface area contributed by atoms with Crippen LogP contribution in [0.15, 0.2) is 67.2 Å². The van der Waals surface area contributed by atoms with E-state index >= 15 is 0 Å². The second-order valence-corrected chi connectivity index (χ2v) is 4.68. The Morgan fingerprint density at radius 3 is 2.18 bits per heavy atom. The van der Waals surface area contributed by atoms with Gasteiger partial charge in [0, 0.05) is 5.56 Å². The van der Waals surface area contributed by atoms with E-state index in [-0.39, 0.29) is 5.69 Å². The van der Waals surface area contributed by atoms with Crippen LogP contribution in [0.2, 0.25) is 0 Å². The monoisotopic (exact) mass is 291 g/mol. The maximum Gasteiger partial charge on any atom is 0.358 e. The highest BCUT2D eigenvalue weighted by atomic mass is 16.4. The number of aromatic nitrogens is 3. The second-order valence-electron chi connectivity index (χ2n) is 4.68. The lowest BCUT2D eigenvalue weighted by Gasteiger charge is -2.10. The quantitative estimate of drug-likeness (QED) is 0.801. The van der Waals surface area contributed by atoms with Gasteiger partial charge < -0.3 is 5.11 Å². The number of carboxylic acids is 1. The fourth-order valence-electron chi connectivity index (χ4n) is 2.22. The summed E-state index contributed by atoms with van der Waals surface area (Å²) in [5, 5.41) is 17.1. The molecule has 0 saturated heterocycles. The fourth-order valence-corrected chi connectivity index (χ4v) is 2.22. The van der Waals surface area contributed by atoms with Gasteiger partial charge in [0.15, 0.2) is 5.69 Å². The smallest absolute Gasteiger partial charge is 0.358 e. The van der Waals surface area contributed by atoms with Crippen LogP contribution in [-0.2, 0) is 0 Å². The average Bonchev–Trinajstić information content (AvgIpc) is 3.01. The number of hydrogen-bond donors (Lipinski definition) is 1. The van der Waals surface area contributed by atoms with E-state index in [4.69, 9.17) is 0 Å². The van der Waals surface area contributed by atoms with Gasteiger partial charge >= 0.3 is 5.97 Å². The van der Waals surface area contributed by atoms with Gasteiger partial charge in [-0.3, -0.25) is 0 Å². The minimum atomic E-state index is -1.12. The molecule has 0 aliphatic heterocycles. The molecule has 22 heavy (non-hydrogen) atoms. The van der Waals surface area contributed by atoms with Crippen molar-refractivity contribution in [3.63, 3.8) is 0 Å². The molecule has 0 atom stereocenters. The highest BCUT2D eigenvalue weighted by molar-refractivity contribution is 5.93. The Morgan fingerprint density at radius 1 is 1.00 bits per heavy atom. The lowest BCUT2D eigenvalue weighted by atomic mass is 10.1. The molecule has 5 nitrogen and oxygen atoms in total. The molecule has 3 rings (SSSR count). The van der Waals surface area contributed by atoms with Crippen LogP contribution in [-0.4, -0.2) is 26.1 Å². The lowest BCUT2D eigenvalue weighted by Crippen LogP contribution is -2.04. The Bertz CT molecular complexity index is 824. The molecule has 0 fully saturated rings. The molecule has 1 heterocycles. The number of carboxylic acid groups (broad SMARTS) is 1. The maximum absolute atomic E-state index is 11.4.